The Bertz CT molecular complexity index is 448. The first-order chi connectivity index (χ1) is 9.10. The SMILES string of the molecule is CCC1CCC(NC(=O)c2ccc(C)cc2N)CC1. The highest BCUT2D eigenvalue weighted by molar-refractivity contribution is 5.99. The molecule has 1 aromatic carbocycles. The van der Waals surface area contributed by atoms with Crippen LogP contribution in [0.5, 0.6) is 0 Å². The van der Waals surface area contributed by atoms with Gasteiger partial charge in [-0.3, -0.25) is 4.79 Å². The van der Waals surface area contributed by atoms with Gasteiger partial charge in [0.1, 0.15) is 0 Å². The zero-order valence-electron chi connectivity index (χ0n) is 11.9. The fourth-order valence-corrected chi connectivity index (χ4v) is 2.87. The van der Waals surface area contributed by atoms with Crippen molar-refractivity contribution in [3.8, 4) is 0 Å². The molecule has 0 heterocycles. The highest BCUT2D eigenvalue weighted by Crippen LogP contribution is 2.26. The van der Waals surface area contributed by atoms with Crippen molar-refractivity contribution in [2.75, 3.05) is 5.73 Å². The lowest BCUT2D eigenvalue weighted by molar-refractivity contribution is 0.0922. The van der Waals surface area contributed by atoms with Gasteiger partial charge in [-0.1, -0.05) is 19.4 Å². The summed E-state index contributed by atoms with van der Waals surface area (Å²) < 4.78 is 0. The molecule has 0 unspecified atom stereocenters. The highest BCUT2D eigenvalue weighted by Gasteiger charge is 2.22. The van der Waals surface area contributed by atoms with E-state index in [0.717, 1.165) is 24.3 Å². The van der Waals surface area contributed by atoms with Crippen molar-refractivity contribution in [1.82, 2.24) is 5.32 Å². The molecule has 3 N–H and O–H groups in total. The van der Waals surface area contributed by atoms with Gasteiger partial charge in [-0.15, -0.1) is 0 Å². The lowest BCUT2D eigenvalue weighted by atomic mass is 9.84. The zero-order valence-corrected chi connectivity index (χ0v) is 11.9. The molecular weight excluding hydrogens is 236 g/mol. The second kappa shape index (κ2) is 6.09. The van der Waals surface area contributed by atoms with Crippen LogP contribution < -0.4 is 11.1 Å². The first-order valence-electron chi connectivity index (χ1n) is 7.27. The summed E-state index contributed by atoms with van der Waals surface area (Å²) in [7, 11) is 0. The van der Waals surface area contributed by atoms with Gasteiger partial charge in [-0.05, 0) is 56.2 Å². The number of anilines is 1. The number of benzene rings is 1. The molecule has 1 aromatic rings. The van der Waals surface area contributed by atoms with Gasteiger partial charge in [0.15, 0.2) is 0 Å². The maximum atomic E-state index is 12.2. The first-order valence-corrected chi connectivity index (χ1v) is 7.27. The molecule has 0 spiro atoms. The first kappa shape index (κ1) is 13.9. The van der Waals surface area contributed by atoms with E-state index in [1.165, 1.54) is 19.3 Å². The number of nitrogens with one attached hydrogen (secondary N) is 1. The maximum absolute atomic E-state index is 12.2. The summed E-state index contributed by atoms with van der Waals surface area (Å²) in [6.07, 6.45) is 5.90. The lowest BCUT2D eigenvalue weighted by Gasteiger charge is -2.28. The molecule has 19 heavy (non-hydrogen) atoms. The largest absolute Gasteiger partial charge is 0.398 e. The van der Waals surface area contributed by atoms with Gasteiger partial charge < -0.3 is 11.1 Å². The normalized spacial score (nSPS) is 23.1. The van der Waals surface area contributed by atoms with E-state index in [-0.39, 0.29) is 5.91 Å². The molecule has 1 fully saturated rings. The third kappa shape index (κ3) is 3.49. The zero-order chi connectivity index (χ0) is 13.8. The van der Waals surface area contributed by atoms with Gasteiger partial charge in [0.25, 0.3) is 5.91 Å². The van der Waals surface area contributed by atoms with E-state index >= 15 is 0 Å². The van der Waals surface area contributed by atoms with Gasteiger partial charge in [0.05, 0.1) is 5.56 Å². The number of nitrogens with two attached hydrogens (primary N) is 1. The van der Waals surface area contributed by atoms with Crippen LogP contribution in [0.4, 0.5) is 5.69 Å². The van der Waals surface area contributed by atoms with E-state index in [9.17, 15) is 4.79 Å². The molecule has 0 aliphatic heterocycles. The van der Waals surface area contributed by atoms with Crippen molar-refractivity contribution in [1.29, 1.82) is 0 Å². The van der Waals surface area contributed by atoms with E-state index in [2.05, 4.69) is 12.2 Å². The quantitative estimate of drug-likeness (QED) is 0.819. The Labute approximate surface area is 115 Å². The summed E-state index contributed by atoms with van der Waals surface area (Å²) in [6, 6.07) is 5.91. The fourth-order valence-electron chi connectivity index (χ4n) is 2.87. The van der Waals surface area contributed by atoms with Crippen LogP contribution in [-0.2, 0) is 0 Å². The van der Waals surface area contributed by atoms with E-state index in [1.54, 1.807) is 0 Å². The summed E-state index contributed by atoms with van der Waals surface area (Å²) >= 11 is 0. The minimum absolute atomic E-state index is 0.0301. The Morgan fingerprint density at radius 2 is 2.00 bits per heavy atom. The third-order valence-electron chi connectivity index (χ3n) is 4.21. The van der Waals surface area contributed by atoms with Gasteiger partial charge in [0, 0.05) is 11.7 Å². The Kier molecular flexibility index (Phi) is 4.46. The molecular formula is C16H24N2O. The molecule has 3 nitrogen and oxygen atoms in total. The average Bonchev–Trinajstić information content (AvgIpc) is 2.39. The number of rotatable bonds is 3. The number of hydrogen-bond acceptors (Lipinski definition) is 2. The molecule has 0 bridgehead atoms. The predicted molar refractivity (Wildman–Crippen MR) is 79.1 cm³/mol. The lowest BCUT2D eigenvalue weighted by Crippen LogP contribution is -2.37. The minimum Gasteiger partial charge on any atom is -0.398 e. The molecule has 1 aliphatic carbocycles. The monoisotopic (exact) mass is 260 g/mol. The van der Waals surface area contributed by atoms with Crippen LogP contribution in [0, 0.1) is 12.8 Å². The Hall–Kier alpha value is -1.51. The number of nitrogen functional groups attached to an aromatic ring is 1. The van der Waals surface area contributed by atoms with E-state index in [1.807, 2.05) is 25.1 Å². The fraction of sp³-hybridized carbons (Fsp3) is 0.562. The molecule has 0 saturated heterocycles. The summed E-state index contributed by atoms with van der Waals surface area (Å²) in [6.45, 7) is 4.22. The molecule has 1 amide bonds. The van der Waals surface area contributed by atoms with Crippen molar-refractivity contribution >= 4 is 11.6 Å². The maximum Gasteiger partial charge on any atom is 0.253 e. The molecule has 2 rings (SSSR count). The average molecular weight is 260 g/mol. The number of aryl methyl sites for hydroxylation is 1. The van der Waals surface area contributed by atoms with Gasteiger partial charge in [0.2, 0.25) is 0 Å². The standard InChI is InChI=1S/C16H24N2O/c1-3-12-5-7-13(8-6-12)18-16(19)14-9-4-11(2)10-15(14)17/h4,9-10,12-13H,3,5-8,17H2,1-2H3,(H,18,19). The molecule has 3 heteroatoms. The number of hydrogen-bond donors (Lipinski definition) is 2. The second-order valence-electron chi connectivity index (χ2n) is 5.69. The topological polar surface area (TPSA) is 55.1 Å². The molecule has 0 atom stereocenters. The molecule has 1 aliphatic rings. The van der Waals surface area contributed by atoms with Gasteiger partial charge in [-0.2, -0.15) is 0 Å². The van der Waals surface area contributed by atoms with Crippen LogP contribution >= 0.6 is 0 Å². The summed E-state index contributed by atoms with van der Waals surface area (Å²) in [4.78, 5) is 12.2. The number of carbonyl (C=O) groups is 1. The van der Waals surface area contributed by atoms with Gasteiger partial charge >= 0.3 is 0 Å². The molecule has 0 aromatic heterocycles. The number of amides is 1. The minimum atomic E-state index is -0.0301. The molecule has 1 saturated carbocycles. The van der Waals surface area contributed by atoms with Crippen LogP contribution in [0.15, 0.2) is 18.2 Å². The van der Waals surface area contributed by atoms with Crippen LogP contribution in [0.2, 0.25) is 0 Å². The number of carbonyl (C=O) groups excluding carboxylic acids is 1. The third-order valence-corrected chi connectivity index (χ3v) is 4.21. The molecule has 104 valence electrons. The summed E-state index contributed by atoms with van der Waals surface area (Å²) in [5.41, 5.74) is 8.16. The van der Waals surface area contributed by atoms with Crippen LogP contribution in [-0.4, -0.2) is 11.9 Å². The Balaban J connectivity index is 1.94. The van der Waals surface area contributed by atoms with Crippen molar-refractivity contribution in [2.45, 2.75) is 52.0 Å². The predicted octanol–water partition coefficient (Wildman–Crippen LogP) is 3.28. The smallest absolute Gasteiger partial charge is 0.253 e. The van der Waals surface area contributed by atoms with E-state index < -0.39 is 0 Å². The Morgan fingerprint density at radius 1 is 1.32 bits per heavy atom. The molecule has 0 radical (unpaired) electrons. The summed E-state index contributed by atoms with van der Waals surface area (Å²) in [5.74, 6) is 0.815. The van der Waals surface area contributed by atoms with Crippen molar-refractivity contribution < 1.29 is 4.79 Å². The van der Waals surface area contributed by atoms with Crippen LogP contribution in [0.1, 0.15) is 54.9 Å². The Morgan fingerprint density at radius 3 is 2.58 bits per heavy atom. The highest BCUT2D eigenvalue weighted by atomic mass is 16.1. The van der Waals surface area contributed by atoms with Crippen LogP contribution in [0.25, 0.3) is 0 Å². The van der Waals surface area contributed by atoms with Crippen molar-refractivity contribution in [2.24, 2.45) is 5.92 Å². The van der Waals surface area contributed by atoms with Gasteiger partial charge in [-0.25, -0.2) is 0 Å². The van der Waals surface area contributed by atoms with Crippen LogP contribution in [0.3, 0.4) is 0 Å². The van der Waals surface area contributed by atoms with Crippen molar-refractivity contribution in [3.63, 3.8) is 0 Å². The van der Waals surface area contributed by atoms with E-state index in [4.69, 9.17) is 5.73 Å². The summed E-state index contributed by atoms with van der Waals surface area (Å²) in [5, 5.41) is 3.12. The van der Waals surface area contributed by atoms with Crippen molar-refractivity contribution in [3.05, 3.63) is 29.3 Å². The van der Waals surface area contributed by atoms with E-state index in [0.29, 0.717) is 17.3 Å². The second-order valence-corrected chi connectivity index (χ2v) is 5.69.